The van der Waals surface area contributed by atoms with E-state index in [1.165, 1.54) is 0 Å². The van der Waals surface area contributed by atoms with Crippen molar-refractivity contribution in [3.05, 3.63) is 58.7 Å². The Morgan fingerprint density at radius 3 is 2.69 bits per heavy atom. The molecule has 1 aromatic carbocycles. The number of amides is 1. The second kappa shape index (κ2) is 6.99. The minimum absolute atomic E-state index is 0.0428. The summed E-state index contributed by atoms with van der Waals surface area (Å²) in [6, 6.07) is 9.93. The van der Waals surface area contributed by atoms with Gasteiger partial charge in [-0.15, -0.1) is 0 Å². The molecule has 1 N–H and O–H groups in total. The number of aryl methyl sites for hydroxylation is 1. The molecule has 0 saturated heterocycles. The van der Waals surface area contributed by atoms with Gasteiger partial charge in [-0.25, -0.2) is 9.67 Å². The first-order valence-electron chi connectivity index (χ1n) is 10.1. The Balaban J connectivity index is 1.36. The summed E-state index contributed by atoms with van der Waals surface area (Å²) in [5, 5.41) is 4.64. The standard InChI is InChI=1S/C22H23N5O2/c1-14-19-16(8-5-9-17(19)28)23-20(14)22(29)26-11-10-18-24-21(25-27(18)13-12-26)15-6-3-2-4-7-15/h2-4,6-7,23H,5,8-13H2,1H3. The first-order valence-corrected chi connectivity index (χ1v) is 10.1. The SMILES string of the molecule is Cc1c(C(=O)N2CCc3nc(-c4ccccc4)nn3CC2)[nH]c2c1C(=O)CCC2. The van der Waals surface area contributed by atoms with E-state index in [9.17, 15) is 9.59 Å². The van der Waals surface area contributed by atoms with E-state index in [1.807, 2.05) is 46.8 Å². The van der Waals surface area contributed by atoms with Gasteiger partial charge in [-0.2, -0.15) is 5.10 Å². The Kier molecular flexibility index (Phi) is 4.30. The molecule has 3 aromatic rings. The van der Waals surface area contributed by atoms with Crippen LogP contribution in [0.25, 0.3) is 11.4 Å². The van der Waals surface area contributed by atoms with Crippen LogP contribution in [0.15, 0.2) is 30.3 Å². The van der Waals surface area contributed by atoms with E-state index in [2.05, 4.69) is 15.1 Å². The van der Waals surface area contributed by atoms with E-state index in [0.29, 0.717) is 38.2 Å². The lowest BCUT2D eigenvalue weighted by molar-refractivity contribution is 0.0752. The lowest BCUT2D eigenvalue weighted by atomic mass is 9.94. The number of carbonyl (C=O) groups is 2. The first-order chi connectivity index (χ1) is 14.1. The maximum Gasteiger partial charge on any atom is 0.270 e. The molecular formula is C22H23N5O2. The number of rotatable bonds is 2. The van der Waals surface area contributed by atoms with Crippen molar-refractivity contribution < 1.29 is 9.59 Å². The van der Waals surface area contributed by atoms with Crippen LogP contribution in [0, 0.1) is 6.92 Å². The highest BCUT2D eigenvalue weighted by Crippen LogP contribution is 2.27. The van der Waals surface area contributed by atoms with Gasteiger partial charge in [-0.1, -0.05) is 30.3 Å². The fourth-order valence-corrected chi connectivity index (χ4v) is 4.36. The topological polar surface area (TPSA) is 83.9 Å². The number of aromatic amines is 1. The van der Waals surface area contributed by atoms with Gasteiger partial charge < -0.3 is 9.88 Å². The number of carbonyl (C=O) groups excluding carboxylic acids is 2. The van der Waals surface area contributed by atoms with Crippen molar-refractivity contribution in [2.45, 2.75) is 39.2 Å². The molecule has 0 bridgehead atoms. The van der Waals surface area contributed by atoms with Gasteiger partial charge in [0.25, 0.3) is 5.91 Å². The second-order valence-electron chi connectivity index (χ2n) is 7.74. The Morgan fingerprint density at radius 2 is 1.90 bits per heavy atom. The predicted molar refractivity (Wildman–Crippen MR) is 108 cm³/mol. The van der Waals surface area contributed by atoms with Crippen molar-refractivity contribution in [3.63, 3.8) is 0 Å². The summed E-state index contributed by atoms with van der Waals surface area (Å²) in [6.07, 6.45) is 2.90. The van der Waals surface area contributed by atoms with Crippen LogP contribution < -0.4 is 0 Å². The van der Waals surface area contributed by atoms with E-state index in [0.717, 1.165) is 46.9 Å². The van der Waals surface area contributed by atoms with Crippen molar-refractivity contribution in [1.29, 1.82) is 0 Å². The van der Waals surface area contributed by atoms with Crippen molar-refractivity contribution in [1.82, 2.24) is 24.6 Å². The molecule has 1 aliphatic carbocycles. The number of Topliss-reactive ketones (excluding diaryl/α,β-unsaturated/α-hetero) is 1. The smallest absolute Gasteiger partial charge is 0.270 e. The fraction of sp³-hybridized carbons (Fsp3) is 0.364. The molecule has 148 valence electrons. The van der Waals surface area contributed by atoms with Gasteiger partial charge in [0, 0.05) is 42.8 Å². The Bertz CT molecular complexity index is 1070. The second-order valence-corrected chi connectivity index (χ2v) is 7.74. The molecule has 29 heavy (non-hydrogen) atoms. The van der Waals surface area contributed by atoms with Gasteiger partial charge in [0.05, 0.1) is 6.54 Å². The highest BCUT2D eigenvalue weighted by molar-refractivity contribution is 6.04. The predicted octanol–water partition coefficient (Wildman–Crippen LogP) is 2.80. The molecule has 0 spiro atoms. The summed E-state index contributed by atoms with van der Waals surface area (Å²) < 4.78 is 1.91. The first kappa shape index (κ1) is 17.8. The zero-order valence-corrected chi connectivity index (χ0v) is 16.4. The molecule has 0 atom stereocenters. The molecule has 0 saturated carbocycles. The third kappa shape index (κ3) is 3.06. The largest absolute Gasteiger partial charge is 0.354 e. The van der Waals surface area contributed by atoms with Crippen LogP contribution in [-0.4, -0.2) is 49.4 Å². The lowest BCUT2D eigenvalue weighted by Crippen LogP contribution is -2.34. The number of hydrogen-bond donors (Lipinski definition) is 1. The number of hydrogen-bond acceptors (Lipinski definition) is 4. The third-order valence-electron chi connectivity index (χ3n) is 5.91. The number of nitrogens with one attached hydrogen (secondary N) is 1. The summed E-state index contributed by atoms with van der Waals surface area (Å²) in [7, 11) is 0. The van der Waals surface area contributed by atoms with Crippen molar-refractivity contribution >= 4 is 11.7 Å². The zero-order valence-electron chi connectivity index (χ0n) is 16.4. The van der Waals surface area contributed by atoms with E-state index in [1.54, 1.807) is 0 Å². The number of fused-ring (bicyclic) bond motifs is 2. The normalized spacial score (nSPS) is 16.3. The molecule has 0 fully saturated rings. The molecule has 1 aliphatic heterocycles. The summed E-state index contributed by atoms with van der Waals surface area (Å²) in [6.45, 7) is 3.64. The average molecular weight is 389 g/mol. The number of ketones is 1. The van der Waals surface area contributed by atoms with Crippen LogP contribution in [0.1, 0.15) is 50.8 Å². The number of aromatic nitrogens is 4. The van der Waals surface area contributed by atoms with Crippen LogP contribution in [0.2, 0.25) is 0 Å². The Labute approximate surface area is 168 Å². The molecular weight excluding hydrogens is 366 g/mol. The quantitative estimate of drug-likeness (QED) is 0.730. The minimum atomic E-state index is -0.0428. The highest BCUT2D eigenvalue weighted by atomic mass is 16.2. The minimum Gasteiger partial charge on any atom is -0.354 e. The summed E-state index contributed by atoms with van der Waals surface area (Å²) in [4.78, 5) is 35.2. The van der Waals surface area contributed by atoms with Crippen LogP contribution >= 0.6 is 0 Å². The summed E-state index contributed by atoms with van der Waals surface area (Å²) in [5.74, 6) is 1.73. The molecule has 0 unspecified atom stereocenters. The lowest BCUT2D eigenvalue weighted by Gasteiger charge is -2.19. The third-order valence-corrected chi connectivity index (χ3v) is 5.91. The van der Waals surface area contributed by atoms with Gasteiger partial charge in [0.1, 0.15) is 11.5 Å². The number of H-pyrrole nitrogens is 1. The van der Waals surface area contributed by atoms with E-state index < -0.39 is 0 Å². The molecule has 0 radical (unpaired) electrons. The van der Waals surface area contributed by atoms with Crippen molar-refractivity contribution in [3.8, 4) is 11.4 Å². The van der Waals surface area contributed by atoms with E-state index >= 15 is 0 Å². The van der Waals surface area contributed by atoms with Gasteiger partial charge in [0.2, 0.25) is 0 Å². The number of benzene rings is 1. The van der Waals surface area contributed by atoms with Crippen LogP contribution in [0.5, 0.6) is 0 Å². The molecule has 5 rings (SSSR count). The molecule has 7 nitrogen and oxygen atoms in total. The van der Waals surface area contributed by atoms with Crippen molar-refractivity contribution in [2.75, 3.05) is 13.1 Å². The van der Waals surface area contributed by atoms with Crippen LogP contribution in [-0.2, 0) is 19.4 Å². The van der Waals surface area contributed by atoms with Gasteiger partial charge in [-0.05, 0) is 25.3 Å². The fourth-order valence-electron chi connectivity index (χ4n) is 4.36. The maximum atomic E-state index is 13.2. The summed E-state index contributed by atoms with van der Waals surface area (Å²) in [5.41, 5.74) is 4.00. The van der Waals surface area contributed by atoms with Crippen LogP contribution in [0.3, 0.4) is 0 Å². The number of nitrogens with zero attached hydrogens (tertiary/aromatic N) is 4. The average Bonchev–Trinajstić information content (AvgIpc) is 3.24. The van der Waals surface area contributed by atoms with Gasteiger partial charge in [0.15, 0.2) is 11.6 Å². The summed E-state index contributed by atoms with van der Waals surface area (Å²) >= 11 is 0. The Morgan fingerprint density at radius 1 is 1.07 bits per heavy atom. The molecule has 2 aliphatic rings. The van der Waals surface area contributed by atoms with E-state index in [-0.39, 0.29) is 11.7 Å². The highest BCUT2D eigenvalue weighted by Gasteiger charge is 2.29. The molecule has 2 aromatic heterocycles. The Hall–Kier alpha value is -3.22. The molecule has 7 heteroatoms. The molecule has 1 amide bonds. The monoisotopic (exact) mass is 389 g/mol. The van der Waals surface area contributed by atoms with Crippen LogP contribution in [0.4, 0.5) is 0 Å². The van der Waals surface area contributed by atoms with E-state index in [4.69, 9.17) is 0 Å². The zero-order chi connectivity index (χ0) is 20.0. The maximum absolute atomic E-state index is 13.2. The van der Waals surface area contributed by atoms with Crippen molar-refractivity contribution in [2.24, 2.45) is 0 Å². The van der Waals surface area contributed by atoms with Gasteiger partial charge in [-0.3, -0.25) is 9.59 Å². The van der Waals surface area contributed by atoms with Gasteiger partial charge >= 0.3 is 0 Å². The molecule has 3 heterocycles.